The molecule has 0 unspecified atom stereocenters. The molecule has 2 amide bonds. The van der Waals surface area contributed by atoms with E-state index in [4.69, 9.17) is 4.74 Å². The van der Waals surface area contributed by atoms with E-state index in [-0.39, 0.29) is 36.4 Å². The Morgan fingerprint density at radius 2 is 2.07 bits per heavy atom. The summed E-state index contributed by atoms with van der Waals surface area (Å²) in [5.74, 6) is 2.05. The fourth-order valence-corrected chi connectivity index (χ4v) is 5.66. The number of nitrogens with one attached hydrogen (secondary N) is 1. The molecule has 3 aliphatic heterocycles. The molecule has 7 heteroatoms. The number of rotatable bonds is 5. The lowest BCUT2D eigenvalue weighted by atomic mass is 9.70. The van der Waals surface area contributed by atoms with E-state index >= 15 is 0 Å². The quantitative estimate of drug-likeness (QED) is 0.771. The van der Waals surface area contributed by atoms with Gasteiger partial charge < -0.3 is 19.9 Å². The molecule has 6 nitrogen and oxygen atoms in total. The van der Waals surface area contributed by atoms with Crippen LogP contribution in [0.5, 0.6) is 5.75 Å². The summed E-state index contributed by atoms with van der Waals surface area (Å²) in [5.41, 5.74) is 1.19. The zero-order chi connectivity index (χ0) is 20.5. The van der Waals surface area contributed by atoms with Crippen molar-refractivity contribution in [2.24, 2.45) is 11.8 Å². The summed E-state index contributed by atoms with van der Waals surface area (Å²) in [6.07, 6.45) is 4.61. The number of carbonyl (C=O) groups is 2. The molecule has 3 heterocycles. The van der Waals surface area contributed by atoms with Crippen LogP contribution in [0.15, 0.2) is 24.3 Å². The highest BCUT2D eigenvalue weighted by Gasteiger charge is 2.50. The van der Waals surface area contributed by atoms with Crippen molar-refractivity contribution in [3.8, 4) is 5.75 Å². The van der Waals surface area contributed by atoms with E-state index in [2.05, 4.69) is 27.2 Å². The van der Waals surface area contributed by atoms with E-state index in [0.29, 0.717) is 24.2 Å². The van der Waals surface area contributed by atoms with Crippen molar-refractivity contribution in [3.05, 3.63) is 29.8 Å². The highest BCUT2D eigenvalue weighted by molar-refractivity contribution is 5.85. The number of hydrogen-bond donors (Lipinski definition) is 1. The maximum absolute atomic E-state index is 13.0. The molecule has 0 aromatic heterocycles. The van der Waals surface area contributed by atoms with Crippen LogP contribution in [0.3, 0.4) is 0 Å². The monoisotopic (exact) mass is 435 g/mol. The van der Waals surface area contributed by atoms with Gasteiger partial charge in [0, 0.05) is 31.6 Å². The number of halogens is 1. The van der Waals surface area contributed by atoms with Crippen LogP contribution in [0.25, 0.3) is 0 Å². The largest absolute Gasteiger partial charge is 0.497 e. The molecular formula is C23H34ClN3O3. The first-order valence-corrected chi connectivity index (χ1v) is 10.9. The average Bonchev–Trinajstić information content (AvgIpc) is 2.75. The normalized spacial score (nSPS) is 29.0. The number of amides is 2. The second-order valence-corrected chi connectivity index (χ2v) is 8.89. The first-order valence-electron chi connectivity index (χ1n) is 10.9. The summed E-state index contributed by atoms with van der Waals surface area (Å²) in [6.45, 7) is 3.45. The Kier molecular flexibility index (Phi) is 7.30. The number of likely N-dealkylation sites (N-methyl/N-ethyl adjacent to an activating group) is 1. The number of likely N-dealkylation sites (tertiary alicyclic amines) is 1. The van der Waals surface area contributed by atoms with Crippen molar-refractivity contribution in [1.29, 1.82) is 0 Å². The maximum Gasteiger partial charge on any atom is 0.239 e. The van der Waals surface area contributed by atoms with Crippen LogP contribution in [-0.4, -0.2) is 67.0 Å². The Balaban J connectivity index is 0.00000256. The van der Waals surface area contributed by atoms with Crippen LogP contribution in [-0.2, 0) is 16.0 Å². The predicted octanol–water partition coefficient (Wildman–Crippen LogP) is 2.50. The van der Waals surface area contributed by atoms with Gasteiger partial charge >= 0.3 is 0 Å². The lowest BCUT2D eigenvalue weighted by molar-refractivity contribution is -0.156. The van der Waals surface area contributed by atoms with Gasteiger partial charge in [-0.3, -0.25) is 9.59 Å². The van der Waals surface area contributed by atoms with Gasteiger partial charge in [0.15, 0.2) is 0 Å². The smallest absolute Gasteiger partial charge is 0.239 e. The van der Waals surface area contributed by atoms with Gasteiger partial charge in [-0.05, 0) is 69.2 Å². The number of fused-ring (bicyclic) bond motifs is 4. The average molecular weight is 436 g/mol. The second-order valence-electron chi connectivity index (χ2n) is 8.89. The third-order valence-electron chi connectivity index (χ3n) is 7.19. The van der Waals surface area contributed by atoms with Gasteiger partial charge in [0.25, 0.3) is 0 Å². The topological polar surface area (TPSA) is 61.9 Å². The number of methoxy groups -OCH3 is 1. The molecule has 1 N–H and O–H groups in total. The Morgan fingerprint density at radius 1 is 1.30 bits per heavy atom. The van der Waals surface area contributed by atoms with Gasteiger partial charge in [0.2, 0.25) is 11.8 Å². The molecule has 3 saturated heterocycles. The number of hydrogen-bond acceptors (Lipinski definition) is 4. The van der Waals surface area contributed by atoms with Crippen LogP contribution in [0.4, 0.5) is 0 Å². The number of benzene rings is 1. The molecule has 3 aliphatic rings. The van der Waals surface area contributed by atoms with Crippen LogP contribution < -0.4 is 10.1 Å². The zero-order valence-corrected chi connectivity index (χ0v) is 19.0. The first-order chi connectivity index (χ1) is 14.0. The molecule has 0 spiro atoms. The number of nitrogens with zero attached hydrogens (tertiary/aromatic N) is 2. The van der Waals surface area contributed by atoms with Gasteiger partial charge in [-0.15, -0.1) is 12.4 Å². The molecule has 0 radical (unpaired) electrons. The van der Waals surface area contributed by atoms with E-state index in [1.165, 1.54) is 5.56 Å². The van der Waals surface area contributed by atoms with Crippen molar-refractivity contribution >= 4 is 24.2 Å². The minimum Gasteiger partial charge on any atom is -0.497 e. The van der Waals surface area contributed by atoms with Crippen molar-refractivity contribution in [1.82, 2.24) is 15.1 Å². The summed E-state index contributed by atoms with van der Waals surface area (Å²) in [4.78, 5) is 30.1. The zero-order valence-electron chi connectivity index (χ0n) is 18.2. The fraction of sp³-hybridized carbons (Fsp3) is 0.652. The van der Waals surface area contributed by atoms with Crippen LogP contribution in [0.2, 0.25) is 0 Å². The highest BCUT2D eigenvalue weighted by atomic mass is 35.5. The third-order valence-corrected chi connectivity index (χ3v) is 7.19. The molecule has 4 rings (SSSR count). The highest BCUT2D eigenvalue weighted by Crippen LogP contribution is 2.42. The molecule has 30 heavy (non-hydrogen) atoms. The predicted molar refractivity (Wildman–Crippen MR) is 119 cm³/mol. The van der Waals surface area contributed by atoms with Gasteiger partial charge in [-0.25, -0.2) is 0 Å². The molecule has 0 saturated carbocycles. The van der Waals surface area contributed by atoms with Gasteiger partial charge in [-0.2, -0.15) is 0 Å². The Labute approximate surface area is 185 Å². The van der Waals surface area contributed by atoms with Gasteiger partial charge in [-0.1, -0.05) is 12.1 Å². The van der Waals surface area contributed by atoms with Crippen LogP contribution >= 0.6 is 12.4 Å². The van der Waals surface area contributed by atoms with Gasteiger partial charge in [0.05, 0.1) is 13.2 Å². The number of carbonyl (C=O) groups excluding carboxylic acids is 2. The SMILES string of the molecule is CN[C@@H](C)C(=O)N1C[C@H]2C[C@@H](C1)[C@H](Cc1cccc(OC)c1)N1C(=O)CCC[C@@H]21.Cl. The molecule has 2 bridgehead atoms. The summed E-state index contributed by atoms with van der Waals surface area (Å²) in [7, 11) is 3.52. The third kappa shape index (κ3) is 4.30. The molecular weight excluding hydrogens is 402 g/mol. The molecule has 166 valence electrons. The van der Waals surface area contributed by atoms with Crippen molar-refractivity contribution < 1.29 is 14.3 Å². The molecule has 1 aromatic rings. The van der Waals surface area contributed by atoms with E-state index in [1.807, 2.05) is 26.1 Å². The molecule has 1 aromatic carbocycles. The Bertz CT molecular complexity index is 774. The minimum absolute atomic E-state index is 0. The van der Waals surface area contributed by atoms with E-state index in [1.54, 1.807) is 7.11 Å². The number of ether oxygens (including phenoxy) is 1. The molecule has 0 aliphatic carbocycles. The fourth-order valence-electron chi connectivity index (χ4n) is 5.66. The summed E-state index contributed by atoms with van der Waals surface area (Å²) >= 11 is 0. The van der Waals surface area contributed by atoms with Crippen LogP contribution in [0, 0.1) is 11.8 Å². The Morgan fingerprint density at radius 3 is 2.80 bits per heavy atom. The number of piperidine rings is 3. The van der Waals surface area contributed by atoms with E-state index in [9.17, 15) is 9.59 Å². The summed E-state index contributed by atoms with van der Waals surface area (Å²) < 4.78 is 5.40. The van der Waals surface area contributed by atoms with Crippen molar-refractivity contribution in [3.63, 3.8) is 0 Å². The minimum atomic E-state index is -0.172. The van der Waals surface area contributed by atoms with E-state index in [0.717, 1.165) is 44.5 Å². The van der Waals surface area contributed by atoms with E-state index < -0.39 is 0 Å². The Hall–Kier alpha value is -1.79. The first kappa shape index (κ1) is 22.9. The standard InChI is InChI=1S/C23H33N3O3.ClH/c1-15(24-2)23(28)25-13-17-12-18(14-25)21(26-20(17)8-5-9-22(26)27)11-16-6-4-7-19(10-16)29-3;/h4,6-7,10,15,17-18,20-21,24H,5,8-9,11-14H2,1-3H3;1H/t15-,17+,18-,20-,21-;/m0./s1. The second kappa shape index (κ2) is 9.56. The maximum atomic E-state index is 13.0. The van der Waals surface area contributed by atoms with Crippen molar-refractivity contribution in [2.75, 3.05) is 27.2 Å². The lowest BCUT2D eigenvalue weighted by Gasteiger charge is -2.57. The lowest BCUT2D eigenvalue weighted by Crippen LogP contribution is -2.66. The summed E-state index contributed by atoms with van der Waals surface area (Å²) in [6, 6.07) is 8.41. The van der Waals surface area contributed by atoms with Gasteiger partial charge in [0.1, 0.15) is 5.75 Å². The van der Waals surface area contributed by atoms with Crippen LogP contribution in [0.1, 0.15) is 38.2 Å². The molecule has 3 fully saturated rings. The molecule has 5 atom stereocenters. The van der Waals surface area contributed by atoms with Crippen molar-refractivity contribution in [2.45, 2.75) is 57.2 Å². The summed E-state index contributed by atoms with van der Waals surface area (Å²) in [5, 5.41) is 3.09.